The average molecular weight is 302 g/mol. The monoisotopic (exact) mass is 301 g/mol. The average Bonchev–Trinajstić information content (AvgIpc) is 2.75. The van der Waals surface area contributed by atoms with Crippen LogP contribution in [0.15, 0.2) is 30.3 Å². The van der Waals surface area contributed by atoms with E-state index in [4.69, 9.17) is 33.7 Å². The quantitative estimate of drug-likeness (QED) is 0.689. The number of esters is 1. The first-order chi connectivity index (χ1) is 8.56. The van der Waals surface area contributed by atoms with Gasteiger partial charge in [-0.2, -0.15) is 0 Å². The standard InChI is InChI=1S/C12H9Cl2NO2S/c13-10-3-1-7(15)5-9(10)12(16)17-6-8-2-4-11(14)18-8/h1-5H,6,15H2. The molecule has 0 fully saturated rings. The van der Waals surface area contributed by atoms with E-state index in [1.54, 1.807) is 24.3 Å². The number of hydrogen-bond acceptors (Lipinski definition) is 4. The number of carbonyl (C=O) groups is 1. The van der Waals surface area contributed by atoms with Crippen molar-refractivity contribution in [1.29, 1.82) is 0 Å². The van der Waals surface area contributed by atoms with Crippen molar-refractivity contribution in [2.75, 3.05) is 5.73 Å². The zero-order valence-corrected chi connectivity index (χ0v) is 11.5. The molecule has 2 N–H and O–H groups in total. The van der Waals surface area contributed by atoms with Crippen LogP contribution in [0.3, 0.4) is 0 Å². The van der Waals surface area contributed by atoms with Gasteiger partial charge in [0.25, 0.3) is 0 Å². The highest BCUT2D eigenvalue weighted by molar-refractivity contribution is 7.16. The van der Waals surface area contributed by atoms with Crippen LogP contribution in [0.1, 0.15) is 15.2 Å². The Hall–Kier alpha value is -1.23. The fourth-order valence-corrected chi connectivity index (χ4v) is 2.54. The number of nitrogen functional groups attached to an aromatic ring is 1. The van der Waals surface area contributed by atoms with E-state index in [9.17, 15) is 4.79 Å². The van der Waals surface area contributed by atoms with Gasteiger partial charge in [-0.3, -0.25) is 0 Å². The summed E-state index contributed by atoms with van der Waals surface area (Å²) < 4.78 is 5.79. The molecule has 0 aliphatic rings. The molecule has 18 heavy (non-hydrogen) atoms. The van der Waals surface area contributed by atoms with Crippen LogP contribution < -0.4 is 5.73 Å². The molecule has 2 aromatic rings. The minimum Gasteiger partial charge on any atom is -0.456 e. The van der Waals surface area contributed by atoms with Crippen molar-refractivity contribution < 1.29 is 9.53 Å². The van der Waals surface area contributed by atoms with Gasteiger partial charge in [0.15, 0.2) is 0 Å². The molecule has 0 amide bonds. The minimum absolute atomic E-state index is 0.168. The lowest BCUT2D eigenvalue weighted by Gasteiger charge is -2.05. The molecule has 0 unspecified atom stereocenters. The first-order valence-corrected chi connectivity index (χ1v) is 6.60. The van der Waals surface area contributed by atoms with Crippen LogP contribution in [-0.4, -0.2) is 5.97 Å². The molecule has 0 aliphatic carbocycles. The fourth-order valence-electron chi connectivity index (χ4n) is 1.34. The topological polar surface area (TPSA) is 52.3 Å². The van der Waals surface area contributed by atoms with E-state index >= 15 is 0 Å². The van der Waals surface area contributed by atoms with Gasteiger partial charge >= 0.3 is 5.97 Å². The van der Waals surface area contributed by atoms with E-state index in [2.05, 4.69) is 0 Å². The van der Waals surface area contributed by atoms with E-state index in [0.29, 0.717) is 15.0 Å². The second-order valence-electron chi connectivity index (χ2n) is 3.52. The summed E-state index contributed by atoms with van der Waals surface area (Å²) in [7, 11) is 0. The lowest BCUT2D eigenvalue weighted by Crippen LogP contribution is -2.06. The number of nitrogens with two attached hydrogens (primary N) is 1. The summed E-state index contributed by atoms with van der Waals surface area (Å²) >= 11 is 13.0. The Morgan fingerprint density at radius 3 is 2.72 bits per heavy atom. The highest BCUT2D eigenvalue weighted by atomic mass is 35.5. The normalized spacial score (nSPS) is 10.3. The number of carbonyl (C=O) groups excluding carboxylic acids is 1. The third kappa shape index (κ3) is 3.16. The molecule has 94 valence electrons. The van der Waals surface area contributed by atoms with Gasteiger partial charge in [-0.05, 0) is 30.3 Å². The predicted molar refractivity (Wildman–Crippen MR) is 74.3 cm³/mol. The van der Waals surface area contributed by atoms with Gasteiger partial charge in [0.2, 0.25) is 0 Å². The molecule has 0 atom stereocenters. The Bertz CT molecular complexity index is 583. The van der Waals surface area contributed by atoms with Gasteiger partial charge in [-0.15, -0.1) is 11.3 Å². The number of ether oxygens (including phenoxy) is 1. The number of halogens is 2. The van der Waals surface area contributed by atoms with Crippen molar-refractivity contribution in [2.24, 2.45) is 0 Å². The van der Waals surface area contributed by atoms with Crippen molar-refractivity contribution in [3.8, 4) is 0 Å². The summed E-state index contributed by atoms with van der Waals surface area (Å²) in [5, 5.41) is 0.318. The summed E-state index contributed by atoms with van der Waals surface area (Å²) in [4.78, 5) is 12.7. The molecular formula is C12H9Cl2NO2S. The molecule has 2 rings (SSSR count). The zero-order valence-electron chi connectivity index (χ0n) is 9.15. The molecule has 6 heteroatoms. The summed E-state index contributed by atoms with van der Waals surface area (Å²) in [6.45, 7) is 0.168. The molecule has 1 heterocycles. The van der Waals surface area contributed by atoms with Crippen LogP contribution in [0.4, 0.5) is 5.69 Å². The van der Waals surface area contributed by atoms with Crippen LogP contribution >= 0.6 is 34.5 Å². The molecule has 0 radical (unpaired) electrons. The first kappa shape index (κ1) is 13.2. The van der Waals surface area contributed by atoms with Crippen molar-refractivity contribution in [3.05, 3.63) is 50.1 Å². The number of thiophene rings is 1. The van der Waals surface area contributed by atoms with Crippen molar-refractivity contribution in [2.45, 2.75) is 6.61 Å². The molecular weight excluding hydrogens is 293 g/mol. The summed E-state index contributed by atoms with van der Waals surface area (Å²) in [6, 6.07) is 8.24. The smallest absolute Gasteiger partial charge is 0.340 e. The third-order valence-corrected chi connectivity index (χ3v) is 3.72. The molecule has 0 spiro atoms. The van der Waals surface area contributed by atoms with Crippen LogP contribution in [0.2, 0.25) is 9.36 Å². The van der Waals surface area contributed by atoms with Crippen LogP contribution in [0.25, 0.3) is 0 Å². The van der Waals surface area contributed by atoms with E-state index in [1.807, 2.05) is 0 Å². The van der Waals surface area contributed by atoms with Crippen LogP contribution in [0.5, 0.6) is 0 Å². The second kappa shape index (κ2) is 5.61. The SMILES string of the molecule is Nc1ccc(Cl)c(C(=O)OCc2ccc(Cl)s2)c1. The lowest BCUT2D eigenvalue weighted by molar-refractivity contribution is 0.0477. The maximum Gasteiger partial charge on any atom is 0.340 e. The third-order valence-electron chi connectivity index (χ3n) is 2.18. The Morgan fingerprint density at radius 1 is 1.28 bits per heavy atom. The van der Waals surface area contributed by atoms with Gasteiger partial charge in [0.05, 0.1) is 14.9 Å². The van der Waals surface area contributed by atoms with Crippen molar-refractivity contribution >= 4 is 46.2 Å². The highest BCUT2D eigenvalue weighted by Gasteiger charge is 2.12. The van der Waals surface area contributed by atoms with Crippen molar-refractivity contribution in [1.82, 2.24) is 0 Å². The first-order valence-electron chi connectivity index (χ1n) is 5.02. The predicted octanol–water partition coefficient (Wildman–Crippen LogP) is 3.99. The van der Waals surface area contributed by atoms with E-state index in [-0.39, 0.29) is 12.2 Å². The molecule has 1 aromatic heterocycles. The summed E-state index contributed by atoms with van der Waals surface area (Å²) in [6.07, 6.45) is 0. The molecule has 0 bridgehead atoms. The fraction of sp³-hybridized carbons (Fsp3) is 0.0833. The Kier molecular flexibility index (Phi) is 4.11. The number of hydrogen-bond donors (Lipinski definition) is 1. The van der Waals surface area contributed by atoms with Gasteiger partial charge in [-0.25, -0.2) is 4.79 Å². The largest absolute Gasteiger partial charge is 0.456 e. The highest BCUT2D eigenvalue weighted by Crippen LogP contribution is 2.24. The summed E-state index contributed by atoms with van der Waals surface area (Å²) in [5.74, 6) is -0.503. The Morgan fingerprint density at radius 2 is 2.06 bits per heavy atom. The number of benzene rings is 1. The maximum absolute atomic E-state index is 11.8. The van der Waals surface area contributed by atoms with Gasteiger partial charge in [0.1, 0.15) is 6.61 Å². The molecule has 1 aromatic carbocycles. The van der Waals surface area contributed by atoms with Gasteiger partial charge in [-0.1, -0.05) is 23.2 Å². The molecule has 3 nitrogen and oxygen atoms in total. The Labute approximate surface area is 118 Å². The Balaban J connectivity index is 2.05. The van der Waals surface area contributed by atoms with Gasteiger partial charge in [0, 0.05) is 10.6 Å². The molecule has 0 saturated carbocycles. The maximum atomic E-state index is 11.8. The number of anilines is 1. The molecule has 0 aliphatic heterocycles. The van der Waals surface area contributed by atoms with E-state index < -0.39 is 5.97 Å². The number of rotatable bonds is 3. The zero-order chi connectivity index (χ0) is 13.1. The lowest BCUT2D eigenvalue weighted by atomic mass is 10.2. The summed E-state index contributed by atoms with van der Waals surface area (Å²) in [5.41, 5.74) is 6.32. The van der Waals surface area contributed by atoms with E-state index in [1.165, 1.54) is 17.4 Å². The minimum atomic E-state index is -0.503. The second-order valence-corrected chi connectivity index (χ2v) is 5.73. The molecule has 0 saturated heterocycles. The van der Waals surface area contributed by atoms with E-state index in [0.717, 1.165) is 4.88 Å². The van der Waals surface area contributed by atoms with Crippen molar-refractivity contribution in [3.63, 3.8) is 0 Å². The van der Waals surface area contributed by atoms with Gasteiger partial charge < -0.3 is 10.5 Å². The van der Waals surface area contributed by atoms with Crippen LogP contribution in [-0.2, 0) is 11.3 Å². The van der Waals surface area contributed by atoms with Crippen LogP contribution in [0, 0.1) is 0 Å².